The number of hydrogen-bond acceptors (Lipinski definition) is 6. The number of benzene rings is 2. The lowest BCUT2D eigenvalue weighted by Crippen LogP contribution is -2.18. The Kier molecular flexibility index (Phi) is 4.79. The lowest BCUT2D eigenvalue weighted by atomic mass is 10.0. The summed E-state index contributed by atoms with van der Waals surface area (Å²) in [6.07, 6.45) is 4.17. The van der Waals surface area contributed by atoms with Gasteiger partial charge in [0.05, 0.1) is 24.1 Å². The average Bonchev–Trinajstić information content (AvgIpc) is 3.16. The van der Waals surface area contributed by atoms with Crippen LogP contribution in [0, 0.1) is 0 Å². The molecule has 0 amide bonds. The third-order valence-corrected chi connectivity index (χ3v) is 6.08. The van der Waals surface area contributed by atoms with Gasteiger partial charge in [0.2, 0.25) is 0 Å². The van der Waals surface area contributed by atoms with Crippen LogP contribution in [-0.4, -0.2) is 37.4 Å². The van der Waals surface area contributed by atoms with Crippen molar-refractivity contribution >= 4 is 16.7 Å². The van der Waals surface area contributed by atoms with Crippen molar-refractivity contribution in [3.63, 3.8) is 0 Å². The van der Waals surface area contributed by atoms with E-state index in [1.165, 1.54) is 5.56 Å². The summed E-state index contributed by atoms with van der Waals surface area (Å²) < 4.78 is 14.8. The molecule has 6 rings (SSSR count). The van der Waals surface area contributed by atoms with Gasteiger partial charge in [-0.15, -0.1) is 5.10 Å². The lowest BCUT2D eigenvalue weighted by molar-refractivity contribution is 0.297. The molecule has 0 fully saturated rings. The molecule has 0 saturated carbocycles. The van der Waals surface area contributed by atoms with Crippen molar-refractivity contribution in [1.29, 1.82) is 0 Å². The number of fused-ring (bicyclic) bond motifs is 4. The van der Waals surface area contributed by atoms with Gasteiger partial charge >= 0.3 is 0 Å². The molecule has 0 aliphatic carbocycles. The molecule has 0 spiro atoms. The van der Waals surface area contributed by atoms with E-state index in [1.807, 2.05) is 36.4 Å². The molecule has 5 aromatic rings. The topological polar surface area (TPSA) is 83.5 Å². The van der Waals surface area contributed by atoms with Gasteiger partial charge in [-0.05, 0) is 47.9 Å². The third-order valence-electron chi connectivity index (χ3n) is 6.08. The maximum Gasteiger partial charge on any atom is 0.266 e. The highest BCUT2D eigenvalue weighted by molar-refractivity contribution is 5.79. The Bertz CT molecular complexity index is 1580. The highest BCUT2D eigenvalue weighted by atomic mass is 16.5. The minimum Gasteiger partial charge on any atom is -0.490 e. The van der Waals surface area contributed by atoms with Gasteiger partial charge in [0.1, 0.15) is 0 Å². The number of rotatable bonds is 3. The van der Waals surface area contributed by atoms with Gasteiger partial charge in [0.25, 0.3) is 11.3 Å². The lowest BCUT2D eigenvalue weighted by Gasteiger charge is -2.10. The zero-order valence-corrected chi connectivity index (χ0v) is 18.9. The van der Waals surface area contributed by atoms with Crippen molar-refractivity contribution in [3.05, 3.63) is 76.8 Å². The van der Waals surface area contributed by atoms with Crippen LogP contribution in [0.25, 0.3) is 33.8 Å². The Labute approximate surface area is 195 Å². The molecule has 0 unspecified atom stereocenters. The minimum atomic E-state index is -0.156. The second-order valence-corrected chi connectivity index (χ2v) is 8.65. The first-order chi connectivity index (χ1) is 16.6. The Morgan fingerprint density at radius 3 is 2.56 bits per heavy atom. The summed E-state index contributed by atoms with van der Waals surface area (Å²) in [4.78, 5) is 22.3. The SMILES string of the molecule is CC(C)c1ccc(-n2ccc3c(cnc4nc(-c5ccc6c(c5)OCCCO6)nn43)c2=O)cc1. The number of pyridine rings is 1. The van der Waals surface area contributed by atoms with Crippen molar-refractivity contribution in [3.8, 4) is 28.6 Å². The van der Waals surface area contributed by atoms with E-state index >= 15 is 0 Å². The standard InChI is InChI=1S/C26H23N5O3/c1-16(2)17-4-7-19(8-5-17)30-11-10-21-20(25(30)32)15-27-26-28-24(29-31(21)26)18-6-9-22-23(14-18)34-13-3-12-33-22/h4-11,14-16H,3,12-13H2,1-2H3. The fourth-order valence-electron chi connectivity index (χ4n) is 4.17. The molecule has 1 aliphatic rings. The molecule has 0 saturated heterocycles. The van der Waals surface area contributed by atoms with Gasteiger partial charge in [-0.3, -0.25) is 9.36 Å². The Hall–Kier alpha value is -4.20. The summed E-state index contributed by atoms with van der Waals surface area (Å²) in [5.41, 5.74) is 3.32. The van der Waals surface area contributed by atoms with Crippen LogP contribution in [-0.2, 0) is 0 Å². The molecule has 8 heteroatoms. The van der Waals surface area contributed by atoms with Crippen molar-refractivity contribution in [2.24, 2.45) is 0 Å². The highest BCUT2D eigenvalue weighted by Gasteiger charge is 2.16. The van der Waals surface area contributed by atoms with Crippen LogP contribution >= 0.6 is 0 Å². The van der Waals surface area contributed by atoms with Gasteiger partial charge in [-0.1, -0.05) is 26.0 Å². The first kappa shape index (κ1) is 20.4. The van der Waals surface area contributed by atoms with Crippen molar-refractivity contribution in [1.82, 2.24) is 24.1 Å². The van der Waals surface area contributed by atoms with Crippen LogP contribution < -0.4 is 15.0 Å². The summed E-state index contributed by atoms with van der Waals surface area (Å²) in [7, 11) is 0. The molecular weight excluding hydrogens is 430 g/mol. The predicted molar refractivity (Wildman–Crippen MR) is 129 cm³/mol. The molecule has 1 aliphatic heterocycles. The minimum absolute atomic E-state index is 0.156. The maximum atomic E-state index is 13.3. The number of ether oxygens (including phenoxy) is 2. The third kappa shape index (κ3) is 3.39. The maximum absolute atomic E-state index is 13.3. The van der Waals surface area contributed by atoms with E-state index in [2.05, 4.69) is 41.0 Å². The van der Waals surface area contributed by atoms with Gasteiger partial charge in [0, 0.05) is 30.1 Å². The molecule has 0 bridgehead atoms. The van der Waals surface area contributed by atoms with Crippen LogP contribution in [0.3, 0.4) is 0 Å². The molecule has 170 valence electrons. The van der Waals surface area contributed by atoms with Crippen LogP contribution in [0.5, 0.6) is 11.5 Å². The summed E-state index contributed by atoms with van der Waals surface area (Å²) in [6, 6.07) is 15.6. The zero-order valence-electron chi connectivity index (χ0n) is 18.9. The second kappa shape index (κ2) is 7.98. The monoisotopic (exact) mass is 453 g/mol. The smallest absolute Gasteiger partial charge is 0.266 e. The molecule has 0 N–H and O–H groups in total. The quantitative estimate of drug-likeness (QED) is 0.403. The fourth-order valence-corrected chi connectivity index (χ4v) is 4.17. The van der Waals surface area contributed by atoms with Crippen molar-refractivity contribution in [2.75, 3.05) is 13.2 Å². The van der Waals surface area contributed by atoms with Gasteiger partial charge in [-0.25, -0.2) is 4.98 Å². The average molecular weight is 454 g/mol. The van der Waals surface area contributed by atoms with E-state index in [1.54, 1.807) is 21.5 Å². The highest BCUT2D eigenvalue weighted by Crippen LogP contribution is 2.33. The molecule has 0 atom stereocenters. The fraction of sp³-hybridized carbons (Fsp3) is 0.231. The first-order valence-electron chi connectivity index (χ1n) is 11.4. The van der Waals surface area contributed by atoms with Crippen LogP contribution in [0.15, 0.2) is 65.7 Å². The van der Waals surface area contributed by atoms with E-state index in [4.69, 9.17) is 9.47 Å². The van der Waals surface area contributed by atoms with E-state index in [0.717, 1.165) is 23.4 Å². The van der Waals surface area contributed by atoms with Gasteiger partial charge in [-0.2, -0.15) is 9.50 Å². The number of nitrogens with zero attached hydrogens (tertiary/aromatic N) is 5. The summed E-state index contributed by atoms with van der Waals surface area (Å²) in [5.74, 6) is 2.76. The molecule has 4 heterocycles. The first-order valence-corrected chi connectivity index (χ1v) is 11.4. The van der Waals surface area contributed by atoms with Crippen LogP contribution in [0.1, 0.15) is 31.7 Å². The largest absolute Gasteiger partial charge is 0.490 e. The van der Waals surface area contributed by atoms with E-state index in [9.17, 15) is 4.79 Å². The molecule has 8 nitrogen and oxygen atoms in total. The van der Waals surface area contributed by atoms with Crippen LogP contribution in [0.2, 0.25) is 0 Å². The summed E-state index contributed by atoms with van der Waals surface area (Å²) in [5, 5.41) is 5.13. The molecule has 34 heavy (non-hydrogen) atoms. The summed E-state index contributed by atoms with van der Waals surface area (Å²) in [6.45, 7) is 5.53. The molecule has 0 radical (unpaired) electrons. The van der Waals surface area contributed by atoms with Crippen molar-refractivity contribution in [2.45, 2.75) is 26.2 Å². The number of hydrogen-bond donors (Lipinski definition) is 0. The Balaban J connectivity index is 1.43. The van der Waals surface area contributed by atoms with E-state index in [-0.39, 0.29) is 5.56 Å². The predicted octanol–water partition coefficient (Wildman–Crippen LogP) is 4.38. The van der Waals surface area contributed by atoms with Crippen molar-refractivity contribution < 1.29 is 9.47 Å². The Morgan fingerprint density at radius 2 is 1.76 bits per heavy atom. The Morgan fingerprint density at radius 1 is 0.971 bits per heavy atom. The molecule has 3 aromatic heterocycles. The van der Waals surface area contributed by atoms with Gasteiger partial charge in [0.15, 0.2) is 17.3 Å². The molecular formula is C26H23N5O3. The second-order valence-electron chi connectivity index (χ2n) is 8.65. The zero-order chi connectivity index (χ0) is 23.2. The summed E-state index contributed by atoms with van der Waals surface area (Å²) >= 11 is 0. The van der Waals surface area contributed by atoms with Crippen LogP contribution in [0.4, 0.5) is 0 Å². The van der Waals surface area contributed by atoms with E-state index in [0.29, 0.717) is 47.4 Å². The number of aromatic nitrogens is 5. The normalized spacial score (nSPS) is 13.5. The van der Waals surface area contributed by atoms with Gasteiger partial charge < -0.3 is 9.47 Å². The molecule has 2 aromatic carbocycles. The van der Waals surface area contributed by atoms with E-state index < -0.39 is 0 Å².